The first-order chi connectivity index (χ1) is 8.99. The van der Waals surface area contributed by atoms with Gasteiger partial charge in [0.05, 0.1) is 0 Å². The van der Waals surface area contributed by atoms with Gasteiger partial charge in [-0.3, -0.25) is 4.79 Å². The summed E-state index contributed by atoms with van der Waals surface area (Å²) < 4.78 is 2.93. The molecular weight excluding hydrogens is 324 g/mol. The monoisotopic (exact) mass is 340 g/mol. The molecule has 0 fully saturated rings. The zero-order valence-corrected chi connectivity index (χ0v) is 13.7. The topological polar surface area (TPSA) is 25.2 Å². The Balaban J connectivity index is 2.19. The molecule has 5 heteroatoms. The molecule has 0 aromatic carbocycles. The van der Waals surface area contributed by atoms with Crippen molar-refractivity contribution in [3.8, 4) is 0 Å². The molecule has 0 aliphatic carbocycles. The summed E-state index contributed by atoms with van der Waals surface area (Å²) >= 11 is 5.09. The summed E-state index contributed by atoms with van der Waals surface area (Å²) in [6.07, 6.45) is 1.95. The van der Waals surface area contributed by atoms with Gasteiger partial charge in [0.1, 0.15) is 5.69 Å². The Bertz CT molecular complexity index is 560. The molecule has 2 aromatic rings. The van der Waals surface area contributed by atoms with Gasteiger partial charge in [0.25, 0.3) is 5.91 Å². The van der Waals surface area contributed by atoms with Crippen LogP contribution in [0.2, 0.25) is 0 Å². The first kappa shape index (κ1) is 14.3. The Morgan fingerprint density at radius 3 is 2.84 bits per heavy atom. The molecule has 102 valence electrons. The minimum absolute atomic E-state index is 0.0469. The van der Waals surface area contributed by atoms with Gasteiger partial charge in [0.15, 0.2) is 0 Å². The van der Waals surface area contributed by atoms with E-state index in [0.717, 1.165) is 10.2 Å². The molecule has 0 saturated carbocycles. The van der Waals surface area contributed by atoms with E-state index >= 15 is 0 Å². The van der Waals surface area contributed by atoms with Gasteiger partial charge in [-0.15, -0.1) is 0 Å². The number of carbonyl (C=O) groups excluding carboxylic acids is 1. The fourth-order valence-corrected chi connectivity index (χ4v) is 3.07. The van der Waals surface area contributed by atoms with Crippen molar-refractivity contribution in [3.63, 3.8) is 0 Å². The summed E-state index contributed by atoms with van der Waals surface area (Å²) in [4.78, 5) is 14.2. The number of hydrogen-bond acceptors (Lipinski definition) is 2. The van der Waals surface area contributed by atoms with E-state index in [9.17, 15) is 4.79 Å². The van der Waals surface area contributed by atoms with Gasteiger partial charge in [-0.1, -0.05) is 0 Å². The molecule has 2 rings (SSSR count). The highest BCUT2D eigenvalue weighted by Crippen LogP contribution is 2.21. The lowest BCUT2D eigenvalue weighted by Crippen LogP contribution is -2.28. The third kappa shape index (κ3) is 3.28. The Morgan fingerprint density at radius 1 is 1.53 bits per heavy atom. The smallest absolute Gasteiger partial charge is 0.270 e. The van der Waals surface area contributed by atoms with Crippen molar-refractivity contribution in [2.45, 2.75) is 26.4 Å². The minimum atomic E-state index is 0.0469. The lowest BCUT2D eigenvalue weighted by molar-refractivity contribution is 0.0773. The molecular formula is C14H17BrN2OS. The van der Waals surface area contributed by atoms with Gasteiger partial charge in [-0.2, -0.15) is 11.3 Å². The van der Waals surface area contributed by atoms with Crippen LogP contribution in [0.1, 0.15) is 35.9 Å². The van der Waals surface area contributed by atoms with E-state index < -0.39 is 0 Å². The highest BCUT2D eigenvalue weighted by atomic mass is 79.9. The largest absolute Gasteiger partial charge is 0.340 e. The Morgan fingerprint density at radius 2 is 2.26 bits per heavy atom. The maximum atomic E-state index is 12.5. The molecule has 0 aliphatic heterocycles. The van der Waals surface area contributed by atoms with Crippen LogP contribution in [-0.4, -0.2) is 22.4 Å². The van der Waals surface area contributed by atoms with Gasteiger partial charge in [0, 0.05) is 30.3 Å². The van der Waals surface area contributed by atoms with E-state index in [4.69, 9.17) is 0 Å². The summed E-state index contributed by atoms with van der Waals surface area (Å²) in [5, 5.41) is 4.10. The van der Waals surface area contributed by atoms with Crippen LogP contribution >= 0.6 is 27.3 Å². The van der Waals surface area contributed by atoms with Gasteiger partial charge in [-0.05, 0) is 58.2 Å². The van der Waals surface area contributed by atoms with Crippen molar-refractivity contribution in [1.29, 1.82) is 0 Å². The van der Waals surface area contributed by atoms with Crippen molar-refractivity contribution in [2.75, 3.05) is 7.05 Å². The predicted molar refractivity (Wildman–Crippen MR) is 82.6 cm³/mol. The second-order valence-electron chi connectivity index (χ2n) is 4.84. The summed E-state index contributed by atoms with van der Waals surface area (Å²) in [5.74, 6) is 0.0469. The van der Waals surface area contributed by atoms with E-state index in [1.165, 1.54) is 5.56 Å². The summed E-state index contributed by atoms with van der Waals surface area (Å²) in [7, 11) is 1.84. The zero-order chi connectivity index (χ0) is 14.0. The molecule has 0 bridgehead atoms. The van der Waals surface area contributed by atoms with E-state index in [0.29, 0.717) is 6.54 Å². The van der Waals surface area contributed by atoms with E-state index in [1.54, 1.807) is 16.2 Å². The molecule has 2 heterocycles. The third-order valence-electron chi connectivity index (χ3n) is 2.94. The van der Waals surface area contributed by atoms with Crippen LogP contribution in [0, 0.1) is 0 Å². The number of rotatable bonds is 4. The van der Waals surface area contributed by atoms with Crippen LogP contribution in [0.25, 0.3) is 0 Å². The average Bonchev–Trinajstić information content (AvgIpc) is 2.97. The zero-order valence-electron chi connectivity index (χ0n) is 11.3. The lowest BCUT2D eigenvalue weighted by atomic mass is 10.3. The molecule has 1 amide bonds. The molecule has 0 saturated heterocycles. The minimum Gasteiger partial charge on any atom is -0.340 e. The maximum Gasteiger partial charge on any atom is 0.270 e. The highest BCUT2D eigenvalue weighted by Gasteiger charge is 2.18. The van der Waals surface area contributed by atoms with Gasteiger partial charge in [-0.25, -0.2) is 0 Å². The first-order valence-corrected chi connectivity index (χ1v) is 7.86. The number of hydrogen-bond donors (Lipinski definition) is 0. The van der Waals surface area contributed by atoms with E-state index in [-0.39, 0.29) is 11.9 Å². The standard InChI is InChI=1S/C14H17BrN2OS/c1-10(2)17-8-12(15)6-13(17)14(18)16(3)7-11-4-5-19-9-11/h4-6,8-10H,7H2,1-3H3. The highest BCUT2D eigenvalue weighted by molar-refractivity contribution is 9.10. The van der Waals surface area contributed by atoms with Crippen LogP contribution in [0.15, 0.2) is 33.6 Å². The molecule has 0 N–H and O–H groups in total. The van der Waals surface area contributed by atoms with Gasteiger partial charge in [0.2, 0.25) is 0 Å². The maximum absolute atomic E-state index is 12.5. The number of thiophene rings is 1. The van der Waals surface area contributed by atoms with Crippen molar-refractivity contribution in [1.82, 2.24) is 9.47 Å². The van der Waals surface area contributed by atoms with Gasteiger partial charge >= 0.3 is 0 Å². The Labute approximate surface area is 126 Å². The normalized spacial score (nSPS) is 11.0. The second kappa shape index (κ2) is 5.92. The quantitative estimate of drug-likeness (QED) is 0.820. The molecule has 3 nitrogen and oxygen atoms in total. The molecule has 0 atom stereocenters. The third-order valence-corrected chi connectivity index (χ3v) is 4.10. The van der Waals surface area contributed by atoms with Crippen molar-refractivity contribution in [2.24, 2.45) is 0 Å². The number of nitrogens with zero attached hydrogens (tertiary/aromatic N) is 2. The Hall–Kier alpha value is -1.07. The predicted octanol–water partition coefficient (Wildman–Crippen LogP) is 4.17. The van der Waals surface area contributed by atoms with Crippen molar-refractivity contribution >= 4 is 33.2 Å². The molecule has 0 spiro atoms. The average molecular weight is 341 g/mol. The number of amides is 1. The van der Waals surface area contributed by atoms with Crippen molar-refractivity contribution in [3.05, 3.63) is 44.8 Å². The molecule has 2 aromatic heterocycles. The van der Waals surface area contributed by atoms with Crippen LogP contribution in [0.5, 0.6) is 0 Å². The Kier molecular flexibility index (Phi) is 4.47. The van der Waals surface area contributed by atoms with E-state index in [1.807, 2.05) is 35.3 Å². The number of aromatic nitrogens is 1. The number of halogens is 1. The fraction of sp³-hybridized carbons (Fsp3) is 0.357. The molecule has 0 radical (unpaired) electrons. The van der Waals surface area contributed by atoms with Crippen molar-refractivity contribution < 1.29 is 4.79 Å². The molecule has 0 aliphatic rings. The van der Waals surface area contributed by atoms with E-state index in [2.05, 4.69) is 35.2 Å². The summed E-state index contributed by atoms with van der Waals surface area (Å²) in [6.45, 7) is 4.79. The molecule has 0 unspecified atom stereocenters. The second-order valence-corrected chi connectivity index (χ2v) is 6.53. The molecule has 19 heavy (non-hydrogen) atoms. The van der Waals surface area contributed by atoms with Crippen LogP contribution in [-0.2, 0) is 6.54 Å². The summed E-state index contributed by atoms with van der Waals surface area (Å²) in [5.41, 5.74) is 1.89. The van der Waals surface area contributed by atoms with Gasteiger partial charge < -0.3 is 9.47 Å². The fourth-order valence-electron chi connectivity index (χ4n) is 1.97. The first-order valence-electron chi connectivity index (χ1n) is 6.13. The lowest BCUT2D eigenvalue weighted by Gasteiger charge is -2.19. The van der Waals surface area contributed by atoms with Crippen LogP contribution < -0.4 is 0 Å². The SMILES string of the molecule is CC(C)n1cc(Br)cc1C(=O)N(C)Cc1ccsc1. The van der Waals surface area contributed by atoms with Crippen LogP contribution in [0.3, 0.4) is 0 Å². The number of carbonyl (C=O) groups is 1. The summed E-state index contributed by atoms with van der Waals surface area (Å²) in [6, 6.07) is 4.19. The van der Waals surface area contributed by atoms with Crippen LogP contribution in [0.4, 0.5) is 0 Å².